The summed E-state index contributed by atoms with van der Waals surface area (Å²) >= 11 is 0. The van der Waals surface area contributed by atoms with Crippen molar-refractivity contribution >= 4 is 17.1 Å². The van der Waals surface area contributed by atoms with E-state index >= 15 is 0 Å². The molecule has 0 aliphatic rings. The molecule has 0 aliphatic carbocycles. The molecule has 3 rings (SSSR count). The molecule has 1 aromatic carbocycles. The number of aromatic nitrogens is 3. The highest BCUT2D eigenvalue weighted by Gasteiger charge is 2.14. The number of fused-ring (bicyclic) bond motifs is 1. The standard InChI is InChI=1S/C18H20N4O2/c1-13-5-3-6-15(11-13)12-22-16-7-4-8-20-17(16)21(18(22)24)10-9-19-14(2)23/h3-8,11H,9-10,12H2,1-2H3,(H,19,23). The molecule has 0 aliphatic heterocycles. The zero-order valence-corrected chi connectivity index (χ0v) is 13.8. The summed E-state index contributed by atoms with van der Waals surface area (Å²) < 4.78 is 3.34. The molecule has 0 spiro atoms. The Labute approximate surface area is 139 Å². The molecule has 2 heterocycles. The van der Waals surface area contributed by atoms with Crippen molar-refractivity contribution in [1.29, 1.82) is 0 Å². The van der Waals surface area contributed by atoms with Crippen molar-refractivity contribution in [2.24, 2.45) is 0 Å². The van der Waals surface area contributed by atoms with E-state index < -0.39 is 0 Å². The number of nitrogens with one attached hydrogen (secondary N) is 1. The van der Waals surface area contributed by atoms with Crippen LogP contribution in [-0.2, 0) is 17.9 Å². The van der Waals surface area contributed by atoms with Gasteiger partial charge in [-0.1, -0.05) is 29.8 Å². The topological polar surface area (TPSA) is 68.9 Å². The van der Waals surface area contributed by atoms with Crippen LogP contribution in [0, 0.1) is 6.92 Å². The van der Waals surface area contributed by atoms with Gasteiger partial charge in [0.15, 0.2) is 5.65 Å². The molecule has 1 amide bonds. The molecule has 0 saturated heterocycles. The largest absolute Gasteiger partial charge is 0.355 e. The zero-order valence-electron chi connectivity index (χ0n) is 13.8. The van der Waals surface area contributed by atoms with Crippen LogP contribution in [0.25, 0.3) is 11.2 Å². The second-order valence-electron chi connectivity index (χ2n) is 5.84. The Morgan fingerprint density at radius 2 is 2.04 bits per heavy atom. The van der Waals surface area contributed by atoms with E-state index in [9.17, 15) is 9.59 Å². The van der Waals surface area contributed by atoms with Crippen LogP contribution >= 0.6 is 0 Å². The molecule has 2 aromatic heterocycles. The summed E-state index contributed by atoms with van der Waals surface area (Å²) in [5, 5.41) is 2.72. The van der Waals surface area contributed by atoms with Gasteiger partial charge in [-0.3, -0.25) is 13.9 Å². The van der Waals surface area contributed by atoms with Gasteiger partial charge < -0.3 is 5.32 Å². The van der Waals surface area contributed by atoms with Crippen molar-refractivity contribution in [3.8, 4) is 0 Å². The van der Waals surface area contributed by atoms with Gasteiger partial charge in [0.2, 0.25) is 5.91 Å². The Balaban J connectivity index is 2.00. The van der Waals surface area contributed by atoms with Gasteiger partial charge in [-0.25, -0.2) is 9.78 Å². The minimum atomic E-state index is -0.115. The first-order chi connectivity index (χ1) is 11.6. The maximum absolute atomic E-state index is 12.8. The van der Waals surface area contributed by atoms with Crippen LogP contribution in [0.4, 0.5) is 0 Å². The van der Waals surface area contributed by atoms with Gasteiger partial charge in [0.1, 0.15) is 0 Å². The number of carbonyl (C=O) groups is 1. The minimum absolute atomic E-state index is 0.112. The van der Waals surface area contributed by atoms with E-state index in [4.69, 9.17) is 0 Å². The van der Waals surface area contributed by atoms with E-state index in [1.54, 1.807) is 15.3 Å². The SMILES string of the molecule is CC(=O)NCCn1c(=O)n(Cc2cccc(C)c2)c2cccnc21. The summed E-state index contributed by atoms with van der Waals surface area (Å²) in [6.07, 6.45) is 1.67. The van der Waals surface area contributed by atoms with Crippen LogP contribution < -0.4 is 11.0 Å². The van der Waals surface area contributed by atoms with Crippen molar-refractivity contribution < 1.29 is 4.79 Å². The smallest absolute Gasteiger partial charge is 0.330 e. The first kappa shape index (κ1) is 16.0. The first-order valence-corrected chi connectivity index (χ1v) is 7.90. The Hall–Kier alpha value is -2.89. The Bertz CT molecular complexity index is 940. The van der Waals surface area contributed by atoms with Crippen LogP contribution in [0.5, 0.6) is 0 Å². The van der Waals surface area contributed by atoms with Gasteiger partial charge in [-0.2, -0.15) is 0 Å². The van der Waals surface area contributed by atoms with E-state index in [1.807, 2.05) is 37.3 Å². The number of amides is 1. The number of pyridine rings is 1. The fraction of sp³-hybridized carbons (Fsp3) is 0.278. The lowest BCUT2D eigenvalue weighted by Gasteiger charge is -2.05. The number of rotatable bonds is 5. The van der Waals surface area contributed by atoms with E-state index in [0.717, 1.165) is 16.6 Å². The van der Waals surface area contributed by atoms with E-state index in [-0.39, 0.29) is 11.6 Å². The van der Waals surface area contributed by atoms with Gasteiger partial charge in [0.05, 0.1) is 12.1 Å². The molecule has 124 valence electrons. The van der Waals surface area contributed by atoms with Crippen LogP contribution in [-0.4, -0.2) is 26.6 Å². The second-order valence-corrected chi connectivity index (χ2v) is 5.84. The molecule has 0 radical (unpaired) electrons. The molecule has 6 heteroatoms. The lowest BCUT2D eigenvalue weighted by Crippen LogP contribution is -2.30. The van der Waals surface area contributed by atoms with Gasteiger partial charge in [-0.05, 0) is 24.6 Å². The van der Waals surface area contributed by atoms with Gasteiger partial charge in [-0.15, -0.1) is 0 Å². The quantitative estimate of drug-likeness (QED) is 0.776. The highest BCUT2D eigenvalue weighted by atomic mass is 16.2. The molecule has 0 unspecified atom stereocenters. The summed E-state index contributed by atoms with van der Waals surface area (Å²) in [4.78, 5) is 28.2. The summed E-state index contributed by atoms with van der Waals surface area (Å²) in [6.45, 7) is 4.78. The number of hydrogen-bond acceptors (Lipinski definition) is 3. The molecule has 0 bridgehead atoms. The third-order valence-electron chi connectivity index (χ3n) is 3.91. The predicted molar refractivity (Wildman–Crippen MR) is 93.0 cm³/mol. The molecule has 0 atom stereocenters. The Kier molecular flexibility index (Phi) is 4.46. The number of hydrogen-bond donors (Lipinski definition) is 1. The van der Waals surface area contributed by atoms with Crippen molar-refractivity contribution in [1.82, 2.24) is 19.4 Å². The molecule has 0 saturated carbocycles. The average Bonchev–Trinajstić information content (AvgIpc) is 2.81. The monoisotopic (exact) mass is 324 g/mol. The van der Waals surface area contributed by atoms with Crippen LogP contribution in [0.3, 0.4) is 0 Å². The lowest BCUT2D eigenvalue weighted by molar-refractivity contribution is -0.118. The molecular weight excluding hydrogens is 304 g/mol. The van der Waals surface area contributed by atoms with Crippen LogP contribution in [0.1, 0.15) is 18.1 Å². The fourth-order valence-corrected chi connectivity index (χ4v) is 2.84. The van der Waals surface area contributed by atoms with Crippen LogP contribution in [0.15, 0.2) is 47.4 Å². The van der Waals surface area contributed by atoms with Gasteiger partial charge in [0, 0.05) is 26.2 Å². The summed E-state index contributed by atoms with van der Waals surface area (Å²) in [5.74, 6) is -0.112. The summed E-state index contributed by atoms with van der Waals surface area (Å²) in [5.41, 5.74) is 3.55. The van der Waals surface area contributed by atoms with Crippen molar-refractivity contribution in [2.45, 2.75) is 26.9 Å². The number of aryl methyl sites for hydroxylation is 1. The van der Waals surface area contributed by atoms with Crippen molar-refractivity contribution in [2.75, 3.05) is 6.54 Å². The van der Waals surface area contributed by atoms with Gasteiger partial charge in [0.25, 0.3) is 0 Å². The zero-order chi connectivity index (χ0) is 17.1. The highest BCUT2D eigenvalue weighted by Crippen LogP contribution is 2.13. The first-order valence-electron chi connectivity index (χ1n) is 7.90. The molecule has 0 fully saturated rings. The maximum Gasteiger partial charge on any atom is 0.330 e. The fourth-order valence-electron chi connectivity index (χ4n) is 2.84. The molecule has 24 heavy (non-hydrogen) atoms. The van der Waals surface area contributed by atoms with Crippen LogP contribution in [0.2, 0.25) is 0 Å². The molecular formula is C18H20N4O2. The third-order valence-corrected chi connectivity index (χ3v) is 3.91. The summed E-state index contributed by atoms with van der Waals surface area (Å²) in [6, 6.07) is 11.8. The third kappa shape index (κ3) is 3.22. The number of carbonyl (C=O) groups excluding carboxylic acids is 1. The van der Waals surface area contributed by atoms with E-state index in [2.05, 4.69) is 16.4 Å². The van der Waals surface area contributed by atoms with Gasteiger partial charge >= 0.3 is 5.69 Å². The van der Waals surface area contributed by atoms with E-state index in [1.165, 1.54) is 6.92 Å². The molecule has 3 aromatic rings. The lowest BCUT2D eigenvalue weighted by atomic mass is 10.1. The van der Waals surface area contributed by atoms with Crippen molar-refractivity contribution in [3.63, 3.8) is 0 Å². The average molecular weight is 324 g/mol. The summed E-state index contributed by atoms with van der Waals surface area (Å²) in [7, 11) is 0. The normalized spacial score (nSPS) is 10.9. The second kappa shape index (κ2) is 6.70. The van der Waals surface area contributed by atoms with E-state index in [0.29, 0.717) is 25.3 Å². The maximum atomic E-state index is 12.8. The molecule has 1 N–H and O–H groups in total. The number of nitrogens with zero attached hydrogens (tertiary/aromatic N) is 3. The number of imidazole rings is 1. The van der Waals surface area contributed by atoms with Crippen molar-refractivity contribution in [3.05, 3.63) is 64.2 Å². The predicted octanol–water partition coefficient (Wildman–Crippen LogP) is 1.69. The Morgan fingerprint density at radius 1 is 1.21 bits per heavy atom. The minimum Gasteiger partial charge on any atom is -0.355 e. The highest BCUT2D eigenvalue weighted by molar-refractivity contribution is 5.73. The number of benzene rings is 1. The Morgan fingerprint density at radius 3 is 2.79 bits per heavy atom. The molecule has 6 nitrogen and oxygen atoms in total.